The predicted molar refractivity (Wildman–Crippen MR) is 93.0 cm³/mol. The van der Waals surface area contributed by atoms with E-state index in [2.05, 4.69) is 20.3 Å². The van der Waals surface area contributed by atoms with Gasteiger partial charge in [-0.05, 0) is 30.3 Å². The first kappa shape index (κ1) is 15.6. The van der Waals surface area contributed by atoms with E-state index in [0.29, 0.717) is 5.69 Å². The Balaban J connectivity index is 1.75. The molecule has 0 fully saturated rings. The van der Waals surface area contributed by atoms with Gasteiger partial charge in [-0.1, -0.05) is 6.07 Å². The van der Waals surface area contributed by atoms with Gasteiger partial charge in [0.25, 0.3) is 5.91 Å². The monoisotopic (exact) mass is 319 g/mol. The molecule has 1 N–H and O–H groups in total. The third-order valence-electron chi connectivity index (χ3n) is 3.42. The van der Waals surface area contributed by atoms with Gasteiger partial charge >= 0.3 is 0 Å². The number of hydrogen-bond donors (Lipinski definition) is 1. The number of nitrogens with zero attached hydrogens (tertiary/aromatic N) is 4. The Hall–Kier alpha value is -3.28. The summed E-state index contributed by atoms with van der Waals surface area (Å²) in [7, 11) is 3.41. The molecule has 0 bridgehead atoms. The molecule has 0 aromatic carbocycles. The van der Waals surface area contributed by atoms with Crippen LogP contribution in [0.2, 0.25) is 0 Å². The first-order valence-electron chi connectivity index (χ1n) is 7.44. The van der Waals surface area contributed by atoms with E-state index in [-0.39, 0.29) is 5.91 Å². The number of nitrogens with one attached hydrogen (secondary N) is 1. The molecular weight excluding hydrogens is 302 g/mol. The highest BCUT2D eigenvalue weighted by atomic mass is 16.2. The van der Waals surface area contributed by atoms with E-state index in [1.807, 2.05) is 30.3 Å². The van der Waals surface area contributed by atoms with Gasteiger partial charge < -0.3 is 10.2 Å². The maximum absolute atomic E-state index is 11.8. The smallest absolute Gasteiger partial charge is 0.271 e. The fraction of sp³-hybridized carbons (Fsp3) is 0.111. The average Bonchev–Trinajstić information content (AvgIpc) is 2.63. The molecule has 1 amide bonds. The molecule has 0 saturated heterocycles. The van der Waals surface area contributed by atoms with Crippen molar-refractivity contribution in [3.8, 4) is 11.1 Å². The lowest BCUT2D eigenvalue weighted by Gasteiger charge is -2.10. The first-order chi connectivity index (χ1) is 11.6. The highest BCUT2D eigenvalue weighted by Gasteiger charge is 2.09. The molecule has 6 heteroatoms. The van der Waals surface area contributed by atoms with Crippen LogP contribution in [0.25, 0.3) is 11.1 Å². The third kappa shape index (κ3) is 3.55. The molecular formula is C18H17N5O. The van der Waals surface area contributed by atoms with E-state index < -0.39 is 0 Å². The van der Waals surface area contributed by atoms with E-state index in [0.717, 1.165) is 22.6 Å². The first-order valence-corrected chi connectivity index (χ1v) is 7.44. The molecule has 3 rings (SSSR count). The maximum atomic E-state index is 11.8. The van der Waals surface area contributed by atoms with Crippen molar-refractivity contribution < 1.29 is 4.79 Å². The van der Waals surface area contributed by atoms with Gasteiger partial charge in [0.1, 0.15) is 11.5 Å². The Labute approximate surface area is 140 Å². The summed E-state index contributed by atoms with van der Waals surface area (Å²) < 4.78 is 0. The zero-order valence-electron chi connectivity index (χ0n) is 13.5. The Morgan fingerprint density at radius 3 is 2.25 bits per heavy atom. The second-order valence-corrected chi connectivity index (χ2v) is 5.43. The number of carbonyl (C=O) groups is 1. The van der Waals surface area contributed by atoms with Crippen molar-refractivity contribution in [1.29, 1.82) is 0 Å². The molecule has 0 aliphatic heterocycles. The van der Waals surface area contributed by atoms with Crippen LogP contribution in [0.1, 0.15) is 10.5 Å². The number of rotatable bonds is 4. The van der Waals surface area contributed by atoms with Crippen LogP contribution in [0.5, 0.6) is 0 Å². The Bertz CT molecular complexity index is 814. The van der Waals surface area contributed by atoms with Gasteiger partial charge in [0.2, 0.25) is 0 Å². The summed E-state index contributed by atoms with van der Waals surface area (Å²) in [6.07, 6.45) is 6.91. The van der Waals surface area contributed by atoms with E-state index in [9.17, 15) is 4.79 Å². The summed E-state index contributed by atoms with van der Waals surface area (Å²) in [6, 6.07) is 11.2. The number of aromatic nitrogens is 3. The molecule has 3 heterocycles. The molecule has 6 nitrogen and oxygen atoms in total. The fourth-order valence-corrected chi connectivity index (χ4v) is 2.14. The number of anilines is 2. The summed E-state index contributed by atoms with van der Waals surface area (Å²) in [5.74, 6) is 0.620. The van der Waals surface area contributed by atoms with Gasteiger partial charge in [-0.15, -0.1) is 0 Å². The Morgan fingerprint density at radius 1 is 0.958 bits per heavy atom. The van der Waals surface area contributed by atoms with Crippen LogP contribution >= 0.6 is 0 Å². The minimum absolute atomic E-state index is 0.115. The van der Waals surface area contributed by atoms with Crippen LogP contribution in [0.3, 0.4) is 0 Å². The van der Waals surface area contributed by atoms with E-state index in [1.165, 1.54) is 4.90 Å². The van der Waals surface area contributed by atoms with Crippen LogP contribution in [0, 0.1) is 0 Å². The summed E-state index contributed by atoms with van der Waals surface area (Å²) >= 11 is 0. The van der Waals surface area contributed by atoms with E-state index in [4.69, 9.17) is 0 Å². The Kier molecular flexibility index (Phi) is 4.47. The topological polar surface area (TPSA) is 71.0 Å². The number of amides is 1. The van der Waals surface area contributed by atoms with Gasteiger partial charge in [-0.2, -0.15) is 0 Å². The van der Waals surface area contributed by atoms with Crippen molar-refractivity contribution in [2.24, 2.45) is 0 Å². The molecule has 0 atom stereocenters. The zero-order valence-corrected chi connectivity index (χ0v) is 13.5. The molecule has 3 aromatic rings. The van der Waals surface area contributed by atoms with Crippen molar-refractivity contribution in [2.75, 3.05) is 19.4 Å². The largest absolute Gasteiger partial charge is 0.343 e. The lowest BCUT2D eigenvalue weighted by molar-refractivity contribution is 0.0822. The number of carbonyl (C=O) groups excluding carboxylic acids is 1. The molecule has 0 aliphatic rings. The van der Waals surface area contributed by atoms with Crippen molar-refractivity contribution in [1.82, 2.24) is 19.9 Å². The lowest BCUT2D eigenvalue weighted by atomic mass is 10.1. The van der Waals surface area contributed by atoms with Gasteiger partial charge in [0, 0.05) is 43.8 Å². The van der Waals surface area contributed by atoms with Crippen LogP contribution in [0.4, 0.5) is 11.5 Å². The van der Waals surface area contributed by atoms with Crippen LogP contribution in [0.15, 0.2) is 61.2 Å². The highest BCUT2D eigenvalue weighted by molar-refractivity contribution is 5.92. The third-order valence-corrected chi connectivity index (χ3v) is 3.42. The molecule has 3 aromatic heterocycles. The van der Waals surface area contributed by atoms with Crippen molar-refractivity contribution in [3.05, 3.63) is 66.9 Å². The molecule has 24 heavy (non-hydrogen) atoms. The van der Waals surface area contributed by atoms with Crippen LogP contribution in [-0.4, -0.2) is 39.9 Å². The lowest BCUT2D eigenvalue weighted by Crippen LogP contribution is -2.22. The van der Waals surface area contributed by atoms with Crippen molar-refractivity contribution >= 4 is 17.4 Å². The Morgan fingerprint density at radius 2 is 1.71 bits per heavy atom. The molecule has 0 unspecified atom stereocenters. The highest BCUT2D eigenvalue weighted by Crippen LogP contribution is 2.20. The minimum atomic E-state index is -0.115. The second-order valence-electron chi connectivity index (χ2n) is 5.43. The zero-order chi connectivity index (χ0) is 16.9. The summed E-state index contributed by atoms with van der Waals surface area (Å²) in [4.78, 5) is 26.0. The quantitative estimate of drug-likeness (QED) is 0.800. The van der Waals surface area contributed by atoms with Gasteiger partial charge in [-0.3, -0.25) is 14.8 Å². The standard InChI is InChI=1S/C18H17N5O/c1-23(2)18(24)16-7-5-13(10-20-16)14-6-8-17(21-11-14)22-15-4-3-9-19-12-15/h3-12H,1-2H3,(H,21,22). The predicted octanol–water partition coefficient (Wildman–Crippen LogP) is 2.98. The second kappa shape index (κ2) is 6.87. The van der Waals surface area contributed by atoms with Gasteiger partial charge in [0.15, 0.2) is 0 Å². The van der Waals surface area contributed by atoms with Gasteiger partial charge in [-0.25, -0.2) is 4.98 Å². The summed E-state index contributed by atoms with van der Waals surface area (Å²) in [5.41, 5.74) is 3.14. The fourth-order valence-electron chi connectivity index (χ4n) is 2.14. The van der Waals surface area contributed by atoms with E-state index >= 15 is 0 Å². The number of pyridine rings is 3. The van der Waals surface area contributed by atoms with Crippen LogP contribution < -0.4 is 5.32 Å². The molecule has 0 aliphatic carbocycles. The summed E-state index contributed by atoms with van der Waals surface area (Å²) in [5, 5.41) is 3.18. The average molecular weight is 319 g/mol. The molecule has 0 spiro atoms. The molecule has 0 saturated carbocycles. The van der Waals surface area contributed by atoms with Crippen molar-refractivity contribution in [2.45, 2.75) is 0 Å². The van der Waals surface area contributed by atoms with Crippen LogP contribution in [-0.2, 0) is 0 Å². The summed E-state index contributed by atoms with van der Waals surface area (Å²) in [6.45, 7) is 0. The SMILES string of the molecule is CN(C)C(=O)c1ccc(-c2ccc(Nc3cccnc3)nc2)cn1. The normalized spacial score (nSPS) is 10.2. The minimum Gasteiger partial charge on any atom is -0.343 e. The number of hydrogen-bond acceptors (Lipinski definition) is 5. The van der Waals surface area contributed by atoms with Gasteiger partial charge in [0.05, 0.1) is 11.9 Å². The maximum Gasteiger partial charge on any atom is 0.271 e. The van der Waals surface area contributed by atoms with Crippen molar-refractivity contribution in [3.63, 3.8) is 0 Å². The molecule has 0 radical (unpaired) electrons. The molecule has 120 valence electrons. The van der Waals surface area contributed by atoms with E-state index in [1.54, 1.807) is 44.9 Å².